The third-order valence-corrected chi connectivity index (χ3v) is 5.66. The molecule has 0 unspecified atom stereocenters. The van der Waals surface area contributed by atoms with E-state index >= 15 is 0 Å². The van der Waals surface area contributed by atoms with Gasteiger partial charge in [-0.25, -0.2) is 4.98 Å². The van der Waals surface area contributed by atoms with Gasteiger partial charge in [-0.2, -0.15) is 5.10 Å². The summed E-state index contributed by atoms with van der Waals surface area (Å²) in [5.41, 5.74) is 11.8. The zero-order chi connectivity index (χ0) is 21.2. The highest BCUT2D eigenvalue weighted by Gasteiger charge is 2.14. The molecule has 0 amide bonds. The number of pyridine rings is 2. The van der Waals surface area contributed by atoms with Crippen LogP contribution in [-0.4, -0.2) is 33.3 Å². The number of aromatic amines is 1. The van der Waals surface area contributed by atoms with Crippen LogP contribution in [-0.2, 0) is 0 Å². The summed E-state index contributed by atoms with van der Waals surface area (Å²) < 4.78 is 0. The number of nitrogens with two attached hydrogens (primary N) is 1. The fourth-order valence-corrected chi connectivity index (χ4v) is 4.04. The van der Waals surface area contributed by atoms with Crippen LogP contribution in [0.15, 0.2) is 61.6 Å². The Hall–Kier alpha value is -3.87. The second kappa shape index (κ2) is 8.10. The Morgan fingerprint density at radius 2 is 1.87 bits per heavy atom. The van der Waals surface area contributed by atoms with Crippen molar-refractivity contribution >= 4 is 33.8 Å². The number of fused-ring (bicyclic) bond motifs is 1. The first-order chi connectivity index (χ1) is 15.2. The number of nitrogens with zero attached hydrogens (tertiary/aromatic N) is 4. The second-order valence-electron chi connectivity index (χ2n) is 7.90. The Morgan fingerprint density at radius 1 is 1.00 bits per heavy atom. The van der Waals surface area contributed by atoms with E-state index in [1.54, 1.807) is 12.4 Å². The summed E-state index contributed by atoms with van der Waals surface area (Å²) in [5, 5.41) is 11.9. The van der Waals surface area contributed by atoms with Gasteiger partial charge in [0.2, 0.25) is 0 Å². The Balaban J connectivity index is 1.37. The Kier molecular flexibility index (Phi) is 5.00. The second-order valence-corrected chi connectivity index (χ2v) is 7.90. The highest BCUT2D eigenvalue weighted by Crippen LogP contribution is 2.29. The van der Waals surface area contributed by atoms with Gasteiger partial charge in [0, 0.05) is 36.4 Å². The van der Waals surface area contributed by atoms with Crippen LogP contribution in [0.4, 0.5) is 17.2 Å². The first-order valence-electron chi connectivity index (χ1n) is 10.5. The van der Waals surface area contributed by atoms with Crippen molar-refractivity contribution in [2.24, 2.45) is 0 Å². The van der Waals surface area contributed by atoms with Gasteiger partial charge in [-0.1, -0.05) is 12.6 Å². The van der Waals surface area contributed by atoms with Crippen LogP contribution in [0, 0.1) is 0 Å². The summed E-state index contributed by atoms with van der Waals surface area (Å²) in [7, 11) is 0. The molecule has 3 aromatic heterocycles. The number of hydrogen-bond donors (Lipinski definition) is 3. The van der Waals surface area contributed by atoms with Crippen LogP contribution < -0.4 is 16.0 Å². The molecule has 1 saturated heterocycles. The summed E-state index contributed by atoms with van der Waals surface area (Å²) >= 11 is 0. The number of anilines is 3. The summed E-state index contributed by atoms with van der Waals surface area (Å²) in [5.74, 6) is 1.03. The average molecular weight is 412 g/mol. The van der Waals surface area contributed by atoms with Crippen LogP contribution in [0.5, 0.6) is 0 Å². The van der Waals surface area contributed by atoms with E-state index in [0.717, 1.165) is 52.3 Å². The van der Waals surface area contributed by atoms with Gasteiger partial charge in [0.1, 0.15) is 11.5 Å². The van der Waals surface area contributed by atoms with Crippen molar-refractivity contribution in [3.63, 3.8) is 0 Å². The van der Waals surface area contributed by atoms with Crippen LogP contribution in [0.25, 0.3) is 27.7 Å². The minimum atomic E-state index is 0.636. The lowest BCUT2D eigenvalue weighted by Gasteiger charge is -2.27. The Labute approximate surface area is 181 Å². The fraction of sp³-hybridized carbons (Fsp3) is 0.208. The maximum Gasteiger partial charge on any atom is 0.128 e. The molecule has 5 rings (SSSR count). The third-order valence-electron chi connectivity index (χ3n) is 5.66. The van der Waals surface area contributed by atoms with E-state index in [1.165, 1.54) is 19.3 Å². The van der Waals surface area contributed by atoms with Crippen LogP contribution in [0.3, 0.4) is 0 Å². The van der Waals surface area contributed by atoms with Crippen LogP contribution in [0.1, 0.15) is 25.0 Å². The number of nitrogens with one attached hydrogen (secondary N) is 2. The minimum absolute atomic E-state index is 0.636. The zero-order valence-electron chi connectivity index (χ0n) is 17.3. The molecular formula is C24H25N7. The summed E-state index contributed by atoms with van der Waals surface area (Å²) in [4.78, 5) is 11.2. The molecule has 4 heterocycles. The van der Waals surface area contributed by atoms with Crippen LogP contribution >= 0.6 is 0 Å². The summed E-state index contributed by atoms with van der Waals surface area (Å²) in [6.45, 7) is 6.37. The maximum atomic E-state index is 5.90. The zero-order valence-corrected chi connectivity index (χ0v) is 17.3. The van der Waals surface area contributed by atoms with Crippen molar-refractivity contribution < 1.29 is 0 Å². The van der Waals surface area contributed by atoms with Gasteiger partial charge in [0.05, 0.1) is 28.8 Å². The van der Waals surface area contributed by atoms with E-state index in [0.29, 0.717) is 11.4 Å². The number of H-pyrrole nitrogens is 1. The SMILES string of the molecule is C=C(Nc1ccc(N2CCCCC2)nc1)c1n[nH]c2ccc(-c3cncc(N)c3)cc12. The van der Waals surface area contributed by atoms with Gasteiger partial charge < -0.3 is 16.0 Å². The molecule has 7 heteroatoms. The van der Waals surface area contributed by atoms with E-state index < -0.39 is 0 Å². The highest BCUT2D eigenvalue weighted by molar-refractivity contribution is 5.95. The summed E-state index contributed by atoms with van der Waals surface area (Å²) in [6, 6.07) is 12.1. The normalized spacial score (nSPS) is 14.0. The average Bonchev–Trinajstić information content (AvgIpc) is 3.24. The van der Waals surface area contributed by atoms with Gasteiger partial charge in [-0.3, -0.25) is 10.1 Å². The topological polar surface area (TPSA) is 95.7 Å². The van der Waals surface area contributed by atoms with Crippen molar-refractivity contribution in [1.29, 1.82) is 0 Å². The van der Waals surface area contributed by atoms with Crippen molar-refractivity contribution in [3.05, 3.63) is 67.3 Å². The van der Waals surface area contributed by atoms with E-state index in [9.17, 15) is 0 Å². The van der Waals surface area contributed by atoms with Crippen molar-refractivity contribution in [2.75, 3.05) is 29.0 Å². The fourth-order valence-electron chi connectivity index (χ4n) is 4.04. The smallest absolute Gasteiger partial charge is 0.128 e. The lowest BCUT2D eigenvalue weighted by atomic mass is 10.0. The number of hydrogen-bond acceptors (Lipinski definition) is 6. The molecule has 0 saturated carbocycles. The number of benzene rings is 1. The van der Waals surface area contributed by atoms with Crippen molar-refractivity contribution in [2.45, 2.75) is 19.3 Å². The maximum absolute atomic E-state index is 5.90. The van der Waals surface area contributed by atoms with E-state index in [2.05, 4.69) is 49.1 Å². The molecule has 7 nitrogen and oxygen atoms in total. The van der Waals surface area contributed by atoms with E-state index in [1.807, 2.05) is 30.5 Å². The number of aromatic nitrogens is 4. The Morgan fingerprint density at radius 3 is 2.65 bits per heavy atom. The molecular weight excluding hydrogens is 386 g/mol. The number of piperidine rings is 1. The van der Waals surface area contributed by atoms with Gasteiger partial charge in [-0.05, 0) is 55.2 Å². The quantitative estimate of drug-likeness (QED) is 0.441. The third kappa shape index (κ3) is 3.94. The molecule has 4 aromatic rings. The monoisotopic (exact) mass is 411 g/mol. The molecule has 1 aliphatic heterocycles. The number of nitrogen functional groups attached to an aromatic ring is 1. The minimum Gasteiger partial charge on any atom is -0.397 e. The molecule has 1 aliphatic rings. The molecule has 0 bridgehead atoms. The predicted molar refractivity (Wildman–Crippen MR) is 127 cm³/mol. The van der Waals surface area contributed by atoms with Gasteiger partial charge in [0.15, 0.2) is 0 Å². The predicted octanol–water partition coefficient (Wildman–Crippen LogP) is 4.68. The van der Waals surface area contributed by atoms with E-state index in [4.69, 9.17) is 5.73 Å². The number of rotatable bonds is 5. The Bertz CT molecular complexity index is 1220. The molecule has 0 atom stereocenters. The lowest BCUT2D eigenvalue weighted by molar-refractivity contribution is 0.573. The van der Waals surface area contributed by atoms with Crippen molar-refractivity contribution in [3.8, 4) is 11.1 Å². The van der Waals surface area contributed by atoms with Gasteiger partial charge >= 0.3 is 0 Å². The van der Waals surface area contributed by atoms with Crippen molar-refractivity contribution in [1.82, 2.24) is 20.2 Å². The first kappa shape index (κ1) is 19.1. The molecule has 0 spiro atoms. The molecule has 156 valence electrons. The molecule has 0 aliphatic carbocycles. The highest BCUT2D eigenvalue weighted by atomic mass is 15.2. The standard InChI is InChI=1S/C24H25N7/c1-16(28-20-6-8-23(27-15-20)31-9-3-2-4-10-31)24-21-12-17(5-7-22(21)29-30-24)18-11-19(25)14-26-13-18/h5-8,11-15,28H,1-4,9-10,25H2,(H,29,30). The summed E-state index contributed by atoms with van der Waals surface area (Å²) in [6.07, 6.45) is 9.08. The molecule has 31 heavy (non-hydrogen) atoms. The van der Waals surface area contributed by atoms with Gasteiger partial charge in [0.25, 0.3) is 0 Å². The van der Waals surface area contributed by atoms with Gasteiger partial charge in [-0.15, -0.1) is 0 Å². The largest absolute Gasteiger partial charge is 0.397 e. The molecule has 0 radical (unpaired) electrons. The first-order valence-corrected chi connectivity index (χ1v) is 10.5. The van der Waals surface area contributed by atoms with Crippen LogP contribution in [0.2, 0.25) is 0 Å². The molecule has 1 fully saturated rings. The van der Waals surface area contributed by atoms with E-state index in [-0.39, 0.29) is 0 Å². The molecule has 4 N–H and O–H groups in total. The lowest BCUT2D eigenvalue weighted by Crippen LogP contribution is -2.30. The molecule has 1 aromatic carbocycles.